The molecule has 0 spiro atoms. The number of carboxylic acid groups (broad SMARTS) is 1. The third kappa shape index (κ3) is 2.69. The first kappa shape index (κ1) is 12.6. The largest absolute Gasteiger partial charge is 0.477 e. The van der Waals surface area contributed by atoms with Gasteiger partial charge >= 0.3 is 5.97 Å². The van der Waals surface area contributed by atoms with Crippen molar-refractivity contribution in [1.82, 2.24) is 4.90 Å². The van der Waals surface area contributed by atoms with E-state index in [0.29, 0.717) is 16.8 Å². The Bertz CT molecular complexity index is 400. The summed E-state index contributed by atoms with van der Waals surface area (Å²) in [5, 5.41) is 11.0. The highest BCUT2D eigenvalue weighted by Gasteiger charge is 2.28. The zero-order valence-corrected chi connectivity index (χ0v) is 11.2. The summed E-state index contributed by atoms with van der Waals surface area (Å²) in [7, 11) is 0. The van der Waals surface area contributed by atoms with Gasteiger partial charge in [-0.3, -0.25) is 4.90 Å². The quantitative estimate of drug-likeness (QED) is 0.896. The topological polar surface area (TPSA) is 40.5 Å². The Morgan fingerprint density at radius 2 is 2.41 bits per heavy atom. The van der Waals surface area contributed by atoms with Crippen LogP contribution in [0.5, 0.6) is 0 Å². The zero-order chi connectivity index (χ0) is 12.4. The molecule has 1 aromatic rings. The summed E-state index contributed by atoms with van der Waals surface area (Å²) in [5.41, 5.74) is 0.968. The van der Waals surface area contributed by atoms with Crippen LogP contribution in [0.3, 0.4) is 0 Å². The van der Waals surface area contributed by atoms with Crippen molar-refractivity contribution in [3.8, 4) is 0 Å². The van der Waals surface area contributed by atoms with Gasteiger partial charge in [0.05, 0.1) is 0 Å². The fourth-order valence-electron chi connectivity index (χ4n) is 2.67. The van der Waals surface area contributed by atoms with Crippen LogP contribution in [0.2, 0.25) is 0 Å². The van der Waals surface area contributed by atoms with Crippen LogP contribution in [-0.4, -0.2) is 28.6 Å². The molecule has 1 fully saturated rings. The molecule has 1 aliphatic rings. The summed E-state index contributed by atoms with van der Waals surface area (Å²) in [6.45, 7) is 6.37. The molecule has 0 radical (unpaired) electrons. The lowest BCUT2D eigenvalue weighted by atomic mass is 10.0. The highest BCUT2D eigenvalue weighted by atomic mass is 32.1. The summed E-state index contributed by atoms with van der Waals surface area (Å²) in [4.78, 5) is 14.0. The highest BCUT2D eigenvalue weighted by Crippen LogP contribution is 2.27. The monoisotopic (exact) mass is 253 g/mol. The molecule has 0 saturated carbocycles. The van der Waals surface area contributed by atoms with Crippen molar-refractivity contribution in [1.29, 1.82) is 0 Å². The van der Waals surface area contributed by atoms with Crippen LogP contribution in [0.1, 0.15) is 41.9 Å². The van der Waals surface area contributed by atoms with E-state index in [1.165, 1.54) is 24.2 Å². The second kappa shape index (κ2) is 5.19. The Morgan fingerprint density at radius 1 is 1.65 bits per heavy atom. The van der Waals surface area contributed by atoms with Crippen LogP contribution in [-0.2, 0) is 6.54 Å². The summed E-state index contributed by atoms with van der Waals surface area (Å²) in [5.74, 6) is -0.153. The van der Waals surface area contributed by atoms with Crippen LogP contribution in [0, 0.1) is 5.92 Å². The van der Waals surface area contributed by atoms with Gasteiger partial charge in [-0.05, 0) is 42.3 Å². The Hall–Kier alpha value is -0.870. The van der Waals surface area contributed by atoms with E-state index in [4.69, 9.17) is 5.11 Å². The second-order valence-electron chi connectivity index (χ2n) is 5.00. The maximum Gasteiger partial charge on any atom is 0.346 e. The van der Waals surface area contributed by atoms with Gasteiger partial charge in [0.1, 0.15) is 4.88 Å². The molecule has 0 aliphatic carbocycles. The van der Waals surface area contributed by atoms with E-state index in [1.807, 2.05) is 11.4 Å². The fraction of sp³-hybridized carbons (Fsp3) is 0.615. The minimum absolute atomic E-state index is 0.499. The summed E-state index contributed by atoms with van der Waals surface area (Å²) >= 11 is 1.32. The number of likely N-dealkylation sites (tertiary alicyclic amines) is 1. The second-order valence-corrected chi connectivity index (χ2v) is 5.92. The number of nitrogens with zero attached hydrogens (tertiary/aromatic N) is 1. The maximum absolute atomic E-state index is 11.1. The summed E-state index contributed by atoms with van der Waals surface area (Å²) in [6.07, 6.45) is 2.47. The van der Waals surface area contributed by atoms with Crippen molar-refractivity contribution >= 4 is 17.3 Å². The van der Waals surface area contributed by atoms with Gasteiger partial charge in [-0.2, -0.15) is 0 Å². The average Bonchev–Trinajstić information content (AvgIpc) is 2.86. The van der Waals surface area contributed by atoms with Crippen LogP contribution in [0.4, 0.5) is 0 Å². The molecule has 3 nitrogen and oxygen atoms in total. The molecule has 17 heavy (non-hydrogen) atoms. The Morgan fingerprint density at radius 3 is 3.06 bits per heavy atom. The molecule has 94 valence electrons. The van der Waals surface area contributed by atoms with E-state index in [9.17, 15) is 4.79 Å². The standard InChI is InChI=1S/C13H19NO2S/c1-9(2)11-4-3-6-14(11)8-10-5-7-17-12(10)13(15)16/h5,7,9,11H,3-4,6,8H2,1-2H3,(H,15,16). The fourth-order valence-corrected chi connectivity index (χ4v) is 3.42. The molecule has 2 heterocycles. The number of carbonyl (C=O) groups is 1. The molecular formula is C13H19NO2S. The van der Waals surface area contributed by atoms with Crippen LogP contribution >= 0.6 is 11.3 Å². The molecule has 1 aromatic heterocycles. The third-order valence-corrected chi connectivity index (χ3v) is 4.44. The predicted octanol–water partition coefficient (Wildman–Crippen LogP) is 3.07. The lowest BCUT2D eigenvalue weighted by molar-refractivity contribution is 0.0699. The molecule has 4 heteroatoms. The number of rotatable bonds is 4. The summed E-state index contributed by atoms with van der Waals surface area (Å²) in [6, 6.07) is 2.56. The molecule has 1 N–H and O–H groups in total. The highest BCUT2D eigenvalue weighted by molar-refractivity contribution is 7.12. The molecular weight excluding hydrogens is 234 g/mol. The molecule has 1 aliphatic heterocycles. The van der Waals surface area contributed by atoms with E-state index >= 15 is 0 Å². The lowest BCUT2D eigenvalue weighted by Gasteiger charge is -2.27. The van der Waals surface area contributed by atoms with E-state index in [0.717, 1.165) is 18.7 Å². The number of hydrogen-bond acceptors (Lipinski definition) is 3. The minimum Gasteiger partial charge on any atom is -0.477 e. The van der Waals surface area contributed by atoms with Crippen molar-refractivity contribution in [2.24, 2.45) is 5.92 Å². The molecule has 2 rings (SSSR count). The predicted molar refractivity (Wildman–Crippen MR) is 69.5 cm³/mol. The van der Waals surface area contributed by atoms with Crippen molar-refractivity contribution in [2.75, 3.05) is 6.54 Å². The molecule has 1 saturated heterocycles. The van der Waals surface area contributed by atoms with Crippen molar-refractivity contribution in [3.63, 3.8) is 0 Å². The maximum atomic E-state index is 11.1. The number of hydrogen-bond donors (Lipinski definition) is 1. The average molecular weight is 253 g/mol. The van der Waals surface area contributed by atoms with E-state index in [2.05, 4.69) is 18.7 Å². The lowest BCUT2D eigenvalue weighted by Crippen LogP contribution is -2.33. The van der Waals surface area contributed by atoms with Gasteiger partial charge in [0.15, 0.2) is 0 Å². The van der Waals surface area contributed by atoms with Gasteiger partial charge < -0.3 is 5.11 Å². The van der Waals surface area contributed by atoms with Gasteiger partial charge in [-0.1, -0.05) is 13.8 Å². The van der Waals surface area contributed by atoms with Gasteiger partial charge in [-0.25, -0.2) is 4.79 Å². The smallest absolute Gasteiger partial charge is 0.346 e. The Labute approximate surface area is 106 Å². The first-order chi connectivity index (χ1) is 8.09. The normalized spacial score (nSPS) is 21.2. The Balaban J connectivity index is 2.10. The first-order valence-corrected chi connectivity index (χ1v) is 7.01. The van der Waals surface area contributed by atoms with Gasteiger partial charge in [0, 0.05) is 12.6 Å². The SMILES string of the molecule is CC(C)C1CCCN1Cc1ccsc1C(=O)O. The van der Waals surface area contributed by atoms with Crippen LogP contribution < -0.4 is 0 Å². The van der Waals surface area contributed by atoms with Crippen LogP contribution in [0.15, 0.2) is 11.4 Å². The van der Waals surface area contributed by atoms with Gasteiger partial charge in [0.2, 0.25) is 0 Å². The number of aromatic carboxylic acids is 1. The number of carboxylic acids is 1. The van der Waals surface area contributed by atoms with E-state index in [-0.39, 0.29) is 0 Å². The molecule has 0 aromatic carbocycles. The molecule has 1 unspecified atom stereocenters. The van der Waals surface area contributed by atoms with Crippen molar-refractivity contribution in [3.05, 3.63) is 21.9 Å². The number of thiophene rings is 1. The molecule has 1 atom stereocenters. The zero-order valence-electron chi connectivity index (χ0n) is 10.3. The Kier molecular flexibility index (Phi) is 3.84. The van der Waals surface area contributed by atoms with E-state index in [1.54, 1.807) is 0 Å². The van der Waals surface area contributed by atoms with E-state index < -0.39 is 5.97 Å². The van der Waals surface area contributed by atoms with Gasteiger partial charge in [-0.15, -0.1) is 11.3 Å². The van der Waals surface area contributed by atoms with Crippen LogP contribution in [0.25, 0.3) is 0 Å². The van der Waals surface area contributed by atoms with Crippen molar-refractivity contribution < 1.29 is 9.90 Å². The first-order valence-electron chi connectivity index (χ1n) is 6.13. The third-order valence-electron chi connectivity index (χ3n) is 3.50. The summed E-state index contributed by atoms with van der Waals surface area (Å²) < 4.78 is 0. The van der Waals surface area contributed by atoms with Gasteiger partial charge in [0.25, 0.3) is 0 Å². The molecule has 0 bridgehead atoms. The van der Waals surface area contributed by atoms with Crippen molar-refractivity contribution in [2.45, 2.75) is 39.3 Å². The minimum atomic E-state index is -0.796. The molecule has 0 amide bonds.